The Labute approximate surface area is 157 Å². The Morgan fingerprint density at radius 2 is 2.00 bits per heavy atom. The van der Waals surface area contributed by atoms with Crippen molar-refractivity contribution >= 4 is 17.8 Å². The van der Waals surface area contributed by atoms with Crippen molar-refractivity contribution in [2.75, 3.05) is 13.3 Å². The molecule has 144 valence electrons. The number of nitrogens with one attached hydrogen (secondary N) is 2. The van der Waals surface area contributed by atoms with E-state index in [4.69, 9.17) is 9.47 Å². The quantitative estimate of drug-likeness (QED) is 0.768. The van der Waals surface area contributed by atoms with E-state index in [1.54, 1.807) is 0 Å². The number of fused-ring (bicyclic) bond motifs is 1. The number of amides is 4. The van der Waals surface area contributed by atoms with Crippen molar-refractivity contribution < 1.29 is 23.9 Å². The Balaban J connectivity index is 1.32. The number of rotatable bonds is 5. The molecule has 0 radical (unpaired) electrons. The summed E-state index contributed by atoms with van der Waals surface area (Å²) in [5.41, 5.74) is 0.167. The standard InChI is InChI=1S/C19H23N3O5/c1-12(13-4-5-14-15(10-13)27-11-26-14)20-16(23)6-9-22-17(24)19(21-18(22)25)7-2-3-8-19/h4-5,10,12H,2-3,6-9,11H2,1H3,(H,20,23)(H,21,25)/t12-/m1/s1. The summed E-state index contributed by atoms with van der Waals surface area (Å²) in [6.45, 7) is 2.16. The number of hydrogen-bond acceptors (Lipinski definition) is 5. The van der Waals surface area contributed by atoms with Crippen LogP contribution in [0.25, 0.3) is 0 Å². The van der Waals surface area contributed by atoms with E-state index in [0.717, 1.165) is 18.4 Å². The molecule has 8 heteroatoms. The van der Waals surface area contributed by atoms with Gasteiger partial charge in [0, 0.05) is 13.0 Å². The molecule has 4 amide bonds. The first kappa shape index (κ1) is 17.6. The Morgan fingerprint density at radius 3 is 2.78 bits per heavy atom. The van der Waals surface area contributed by atoms with Crippen molar-refractivity contribution in [3.8, 4) is 11.5 Å². The monoisotopic (exact) mass is 373 g/mol. The summed E-state index contributed by atoms with van der Waals surface area (Å²) in [5.74, 6) is 0.946. The van der Waals surface area contributed by atoms with Gasteiger partial charge in [-0.3, -0.25) is 14.5 Å². The summed E-state index contributed by atoms with van der Waals surface area (Å²) >= 11 is 0. The Morgan fingerprint density at radius 1 is 1.26 bits per heavy atom. The predicted molar refractivity (Wildman–Crippen MR) is 95.2 cm³/mol. The normalized spacial score (nSPS) is 20.9. The van der Waals surface area contributed by atoms with E-state index in [1.165, 1.54) is 4.90 Å². The molecule has 2 fully saturated rings. The van der Waals surface area contributed by atoms with E-state index >= 15 is 0 Å². The third-order valence-electron chi connectivity index (χ3n) is 5.54. The van der Waals surface area contributed by atoms with Gasteiger partial charge in [-0.25, -0.2) is 4.79 Å². The smallest absolute Gasteiger partial charge is 0.325 e. The molecule has 1 saturated heterocycles. The second kappa shape index (κ2) is 6.75. The summed E-state index contributed by atoms with van der Waals surface area (Å²) in [4.78, 5) is 38.2. The molecule has 0 bridgehead atoms. The van der Waals surface area contributed by atoms with Gasteiger partial charge in [0.15, 0.2) is 11.5 Å². The SMILES string of the molecule is C[C@@H](NC(=O)CCN1C(=O)NC2(CCCC2)C1=O)c1ccc2c(c1)OCO2. The van der Waals surface area contributed by atoms with E-state index in [0.29, 0.717) is 24.3 Å². The lowest BCUT2D eigenvalue weighted by molar-refractivity contribution is -0.131. The number of urea groups is 1. The minimum Gasteiger partial charge on any atom is -0.454 e. The van der Waals surface area contributed by atoms with E-state index in [2.05, 4.69) is 10.6 Å². The zero-order valence-electron chi connectivity index (χ0n) is 15.2. The molecule has 0 aromatic heterocycles. The highest BCUT2D eigenvalue weighted by molar-refractivity contribution is 6.07. The molecule has 1 spiro atoms. The second-order valence-electron chi connectivity index (χ2n) is 7.33. The van der Waals surface area contributed by atoms with Gasteiger partial charge < -0.3 is 20.1 Å². The van der Waals surface area contributed by atoms with Crippen LogP contribution >= 0.6 is 0 Å². The molecule has 0 unspecified atom stereocenters. The van der Waals surface area contributed by atoms with E-state index in [-0.39, 0.29) is 37.6 Å². The molecule has 4 rings (SSSR count). The maximum absolute atomic E-state index is 12.6. The lowest BCUT2D eigenvalue weighted by Crippen LogP contribution is -2.44. The summed E-state index contributed by atoms with van der Waals surface area (Å²) in [6, 6.07) is 4.91. The molecule has 8 nitrogen and oxygen atoms in total. The van der Waals surface area contributed by atoms with Crippen molar-refractivity contribution in [2.24, 2.45) is 0 Å². The Hall–Kier alpha value is -2.77. The minimum absolute atomic E-state index is 0.0735. The van der Waals surface area contributed by atoms with Crippen molar-refractivity contribution in [2.45, 2.75) is 50.6 Å². The topological polar surface area (TPSA) is 97.0 Å². The maximum atomic E-state index is 12.6. The first-order valence-electron chi connectivity index (χ1n) is 9.31. The Bertz CT molecular complexity index is 788. The van der Waals surface area contributed by atoms with Crippen LogP contribution in [0.3, 0.4) is 0 Å². The molecule has 2 heterocycles. The zero-order valence-corrected chi connectivity index (χ0v) is 15.2. The van der Waals surface area contributed by atoms with Crippen LogP contribution in [0.4, 0.5) is 4.79 Å². The Kier molecular flexibility index (Phi) is 4.41. The molecule has 1 atom stereocenters. The van der Waals surface area contributed by atoms with Gasteiger partial charge in [-0.1, -0.05) is 18.9 Å². The third-order valence-corrected chi connectivity index (χ3v) is 5.54. The van der Waals surface area contributed by atoms with Crippen LogP contribution in [0.5, 0.6) is 11.5 Å². The molecule has 1 aromatic carbocycles. The molecular weight excluding hydrogens is 350 g/mol. The predicted octanol–water partition coefficient (Wildman–Crippen LogP) is 1.85. The number of carbonyl (C=O) groups is 3. The van der Waals surface area contributed by atoms with Gasteiger partial charge in [0.25, 0.3) is 5.91 Å². The van der Waals surface area contributed by atoms with Gasteiger partial charge in [0.2, 0.25) is 12.7 Å². The third kappa shape index (κ3) is 3.20. The molecule has 1 aliphatic carbocycles. The van der Waals surface area contributed by atoms with Crippen molar-refractivity contribution in [3.05, 3.63) is 23.8 Å². The zero-order chi connectivity index (χ0) is 19.0. The minimum atomic E-state index is -0.729. The van der Waals surface area contributed by atoms with E-state index < -0.39 is 11.6 Å². The van der Waals surface area contributed by atoms with Crippen LogP contribution < -0.4 is 20.1 Å². The molecule has 2 N–H and O–H groups in total. The highest BCUT2D eigenvalue weighted by Crippen LogP contribution is 2.35. The van der Waals surface area contributed by atoms with Crippen LogP contribution in [0, 0.1) is 0 Å². The molecule has 27 heavy (non-hydrogen) atoms. The van der Waals surface area contributed by atoms with Crippen LogP contribution in [0.2, 0.25) is 0 Å². The fourth-order valence-corrected chi connectivity index (χ4v) is 3.99. The van der Waals surface area contributed by atoms with Crippen LogP contribution in [0.1, 0.15) is 50.6 Å². The van der Waals surface area contributed by atoms with Crippen LogP contribution in [-0.2, 0) is 9.59 Å². The summed E-state index contributed by atoms with van der Waals surface area (Å²) < 4.78 is 10.6. The van der Waals surface area contributed by atoms with Gasteiger partial charge >= 0.3 is 6.03 Å². The van der Waals surface area contributed by atoms with Gasteiger partial charge in [-0.2, -0.15) is 0 Å². The van der Waals surface area contributed by atoms with Crippen LogP contribution in [0.15, 0.2) is 18.2 Å². The maximum Gasteiger partial charge on any atom is 0.325 e. The lowest BCUT2D eigenvalue weighted by Gasteiger charge is -2.20. The second-order valence-corrected chi connectivity index (χ2v) is 7.33. The fourth-order valence-electron chi connectivity index (χ4n) is 3.99. The van der Waals surface area contributed by atoms with Gasteiger partial charge in [0.1, 0.15) is 5.54 Å². The first-order valence-corrected chi connectivity index (χ1v) is 9.31. The van der Waals surface area contributed by atoms with Gasteiger partial charge in [-0.15, -0.1) is 0 Å². The average molecular weight is 373 g/mol. The molecule has 1 aromatic rings. The first-order chi connectivity index (χ1) is 13.0. The van der Waals surface area contributed by atoms with E-state index in [1.807, 2.05) is 25.1 Å². The number of benzene rings is 1. The highest BCUT2D eigenvalue weighted by atomic mass is 16.7. The fraction of sp³-hybridized carbons (Fsp3) is 0.526. The van der Waals surface area contributed by atoms with Crippen molar-refractivity contribution in [3.63, 3.8) is 0 Å². The number of hydrogen-bond donors (Lipinski definition) is 2. The lowest BCUT2D eigenvalue weighted by atomic mass is 9.98. The van der Waals surface area contributed by atoms with Gasteiger partial charge in [0.05, 0.1) is 6.04 Å². The molecular formula is C19H23N3O5. The summed E-state index contributed by atoms with van der Waals surface area (Å²) in [5, 5.41) is 5.72. The largest absolute Gasteiger partial charge is 0.454 e. The summed E-state index contributed by atoms with van der Waals surface area (Å²) in [7, 11) is 0. The number of carbonyl (C=O) groups excluding carboxylic acids is 3. The van der Waals surface area contributed by atoms with Crippen LogP contribution in [-0.4, -0.2) is 41.6 Å². The number of ether oxygens (including phenoxy) is 2. The van der Waals surface area contributed by atoms with E-state index in [9.17, 15) is 14.4 Å². The molecule has 1 saturated carbocycles. The summed E-state index contributed by atoms with van der Waals surface area (Å²) in [6.07, 6.45) is 3.31. The van der Waals surface area contributed by atoms with Crippen molar-refractivity contribution in [1.82, 2.24) is 15.5 Å². The number of nitrogens with zero attached hydrogens (tertiary/aromatic N) is 1. The number of imide groups is 1. The molecule has 2 aliphatic heterocycles. The van der Waals surface area contributed by atoms with Gasteiger partial charge in [-0.05, 0) is 37.5 Å². The highest BCUT2D eigenvalue weighted by Gasteiger charge is 2.52. The average Bonchev–Trinajstić information content (AvgIpc) is 3.34. The molecule has 3 aliphatic rings. The van der Waals surface area contributed by atoms with Crippen molar-refractivity contribution in [1.29, 1.82) is 0 Å².